The molecule has 18 N–H and O–H groups in total. The number of primary amides is 2. The third kappa shape index (κ3) is 26.2. The lowest BCUT2D eigenvalue weighted by Gasteiger charge is -2.29. The Balaban J connectivity index is 1.64. The molecule has 0 radical (unpaired) electrons. The molecule has 0 saturated carbocycles. The number of carbonyl (C=O) groups excluding carboxylic acids is 11. The molecule has 28 heteroatoms. The predicted molar refractivity (Wildman–Crippen MR) is 351 cm³/mol. The van der Waals surface area contributed by atoms with E-state index in [-0.39, 0.29) is 55.9 Å². The topological polar surface area (TPSA) is 452 Å². The van der Waals surface area contributed by atoms with Crippen molar-refractivity contribution >= 4 is 82.7 Å². The van der Waals surface area contributed by atoms with Gasteiger partial charge in [0, 0.05) is 19.3 Å². The van der Waals surface area contributed by atoms with Gasteiger partial charge in [0.05, 0.1) is 18.9 Å². The minimum Gasteiger partial charge on any atom is -0.508 e. The van der Waals surface area contributed by atoms with Crippen molar-refractivity contribution in [3.63, 3.8) is 0 Å². The van der Waals surface area contributed by atoms with Crippen molar-refractivity contribution in [1.82, 2.24) is 47.9 Å². The second-order valence-electron chi connectivity index (χ2n) is 23.8. The Hall–Kier alpha value is -9.57. The Morgan fingerprint density at radius 1 is 0.436 bits per heavy atom. The van der Waals surface area contributed by atoms with E-state index < -0.39 is 156 Å². The lowest BCUT2D eigenvalue weighted by molar-refractivity contribution is -0.142. The third-order valence-corrected chi connectivity index (χ3v) is 15.9. The average molecular weight is 1320 g/mol. The van der Waals surface area contributed by atoms with Crippen LogP contribution in [0, 0.1) is 17.8 Å². The fraction of sp³-hybridized carbons (Fsp3) is 0.455. The molecular formula is C66H90N12O15S. The van der Waals surface area contributed by atoms with Crippen molar-refractivity contribution < 1.29 is 72.9 Å². The molecule has 0 fully saturated rings. The molecule has 11 atom stereocenters. The van der Waals surface area contributed by atoms with Gasteiger partial charge in [0.15, 0.2) is 0 Å². The minimum absolute atomic E-state index is 0.0586. The van der Waals surface area contributed by atoms with E-state index in [0.717, 1.165) is 5.56 Å². The highest BCUT2D eigenvalue weighted by molar-refractivity contribution is 7.98. The number of phenolic OH excluding ortho intramolecular Hbond substituents is 2. The summed E-state index contributed by atoms with van der Waals surface area (Å²) in [6.07, 6.45) is -0.187. The van der Waals surface area contributed by atoms with Crippen molar-refractivity contribution in [3.05, 3.63) is 131 Å². The van der Waals surface area contributed by atoms with E-state index in [2.05, 4.69) is 47.9 Å². The first-order chi connectivity index (χ1) is 44.5. The first-order valence-electron chi connectivity index (χ1n) is 30.9. The number of amides is 11. The number of nitrogens with two attached hydrogens (primary N) is 3. The lowest BCUT2D eigenvalue weighted by Crippen LogP contribution is -2.62. The highest BCUT2D eigenvalue weighted by Gasteiger charge is 2.38. The number of carboxylic acid groups (broad SMARTS) is 1. The Morgan fingerprint density at radius 3 is 1.22 bits per heavy atom. The van der Waals surface area contributed by atoms with Crippen LogP contribution in [0.2, 0.25) is 0 Å². The summed E-state index contributed by atoms with van der Waals surface area (Å²) in [5, 5.41) is 53.2. The van der Waals surface area contributed by atoms with Gasteiger partial charge in [-0.3, -0.25) is 57.5 Å². The molecular weight excluding hydrogens is 1230 g/mol. The van der Waals surface area contributed by atoms with Gasteiger partial charge in [0.1, 0.15) is 65.9 Å². The van der Waals surface area contributed by atoms with E-state index >= 15 is 0 Å². The van der Waals surface area contributed by atoms with Crippen LogP contribution in [0.3, 0.4) is 0 Å². The van der Waals surface area contributed by atoms with Crippen LogP contribution in [0.1, 0.15) is 95.9 Å². The summed E-state index contributed by atoms with van der Waals surface area (Å²) in [5.74, 6) is -13.2. The maximum absolute atomic E-state index is 14.9. The normalized spacial score (nSPS) is 14.7. The van der Waals surface area contributed by atoms with Crippen LogP contribution in [0.25, 0.3) is 0 Å². The Kier molecular flexibility index (Phi) is 31.4. The predicted octanol–water partition coefficient (Wildman–Crippen LogP) is 0.396. The summed E-state index contributed by atoms with van der Waals surface area (Å²) in [6.45, 7) is 10.0. The maximum Gasteiger partial charge on any atom is 0.305 e. The zero-order valence-corrected chi connectivity index (χ0v) is 54.7. The number of hydrogen-bond donors (Lipinski definition) is 15. The summed E-state index contributed by atoms with van der Waals surface area (Å²) in [4.78, 5) is 166. The SMILES string of the molecule is CC[C@H](C)[C@H](NC(=O)[C@@H](N)Cc1ccccc1)C(=O)N[C@@H](CC(=O)O)C(=O)N[C@@H](CC(C)C)C(=O)N[C@@H](CC(N)=O)C(=O)N[C@@H](Cc1ccc(O)cc1)C(=O)N[C@@H](Cc1ccccc1)C(=O)N[C@H](C(=O)N[C@@H](Cc1ccc(O)cc1)C(=O)N[C@@H](CCSC)C(N)=O)C(C)C. The summed E-state index contributed by atoms with van der Waals surface area (Å²) in [5.41, 5.74) is 19.6. The number of aromatic hydroxyl groups is 2. The van der Waals surface area contributed by atoms with Gasteiger partial charge in [-0.05, 0) is 95.5 Å². The highest BCUT2D eigenvalue weighted by atomic mass is 32.2. The Morgan fingerprint density at radius 2 is 0.798 bits per heavy atom. The molecule has 4 aromatic rings. The van der Waals surface area contributed by atoms with E-state index in [9.17, 15) is 72.9 Å². The third-order valence-electron chi connectivity index (χ3n) is 15.3. The molecule has 0 spiro atoms. The Bertz CT molecular complexity index is 3220. The minimum atomic E-state index is -1.86. The van der Waals surface area contributed by atoms with Crippen LogP contribution in [0.5, 0.6) is 11.5 Å². The van der Waals surface area contributed by atoms with Gasteiger partial charge in [-0.1, -0.05) is 133 Å². The van der Waals surface area contributed by atoms with Gasteiger partial charge >= 0.3 is 5.97 Å². The lowest BCUT2D eigenvalue weighted by atomic mass is 9.96. The number of benzene rings is 4. The molecule has 11 amide bonds. The molecule has 0 saturated heterocycles. The molecule has 0 bridgehead atoms. The molecule has 4 rings (SSSR count). The fourth-order valence-electron chi connectivity index (χ4n) is 9.83. The highest BCUT2D eigenvalue weighted by Crippen LogP contribution is 2.17. The smallest absolute Gasteiger partial charge is 0.305 e. The molecule has 0 aliphatic rings. The molecule has 4 aromatic carbocycles. The number of aliphatic carboxylic acids is 1. The zero-order valence-electron chi connectivity index (χ0n) is 53.8. The molecule has 510 valence electrons. The number of thioether (sulfide) groups is 1. The van der Waals surface area contributed by atoms with E-state index in [1.54, 1.807) is 102 Å². The largest absolute Gasteiger partial charge is 0.508 e. The van der Waals surface area contributed by atoms with Crippen LogP contribution < -0.4 is 65.1 Å². The van der Waals surface area contributed by atoms with Crippen LogP contribution in [0.4, 0.5) is 0 Å². The number of rotatable bonds is 39. The van der Waals surface area contributed by atoms with Gasteiger partial charge < -0.3 is 80.4 Å². The Labute approximate surface area is 550 Å². The maximum atomic E-state index is 14.9. The van der Waals surface area contributed by atoms with Crippen LogP contribution in [-0.4, -0.2) is 159 Å². The van der Waals surface area contributed by atoms with E-state index in [1.807, 2.05) is 6.26 Å². The van der Waals surface area contributed by atoms with Crippen molar-refractivity contribution in [2.75, 3.05) is 12.0 Å². The average Bonchev–Trinajstić information content (AvgIpc) is 0.865. The van der Waals surface area contributed by atoms with E-state index in [0.29, 0.717) is 28.9 Å². The standard InChI is InChI=1S/C66H90N12O15S/c1-8-38(6)56(78-58(85)45(67)30-39-15-11-9-12-16-39)66(93)76-52(35-54(82)83)63(90)71-47(29-36(2)3)59(86)74-51(34-53(68)81)62(89)72-48(32-41-19-23-43(79)24-20-41)61(88)73-50(31-40-17-13-10-14-18-40)64(91)77-55(37(4)5)65(92)75-49(33-42-21-25-44(80)26-22-42)60(87)70-46(57(69)84)27-28-94-7/h9-26,36-38,45-52,55-56,79-80H,8,27-35,67H2,1-7H3,(H2,68,81)(H2,69,84)(H,70,87)(H,71,90)(H,72,89)(H,73,88)(H,74,86)(H,75,92)(H,76,93)(H,77,91)(H,78,85)(H,82,83)/t38-,45-,46-,47-,48-,49-,50-,51-,52-,55-,56-/m0/s1. The van der Waals surface area contributed by atoms with E-state index in [4.69, 9.17) is 17.2 Å². The number of nitrogens with one attached hydrogen (secondary N) is 9. The molecule has 94 heavy (non-hydrogen) atoms. The van der Waals surface area contributed by atoms with Gasteiger partial charge in [0.2, 0.25) is 65.0 Å². The molecule has 0 heterocycles. The number of carboxylic acids is 1. The van der Waals surface area contributed by atoms with E-state index in [1.165, 1.54) is 60.3 Å². The second kappa shape index (κ2) is 38.4. The molecule has 27 nitrogen and oxygen atoms in total. The van der Waals surface area contributed by atoms with Gasteiger partial charge in [0.25, 0.3) is 0 Å². The van der Waals surface area contributed by atoms with Crippen molar-refractivity contribution in [2.24, 2.45) is 35.0 Å². The molecule has 0 unspecified atom stereocenters. The van der Waals surface area contributed by atoms with Crippen LogP contribution in [-0.2, 0) is 83.2 Å². The van der Waals surface area contributed by atoms with Crippen LogP contribution >= 0.6 is 11.8 Å². The van der Waals surface area contributed by atoms with Gasteiger partial charge in [-0.15, -0.1) is 0 Å². The first-order valence-corrected chi connectivity index (χ1v) is 32.3. The van der Waals surface area contributed by atoms with Crippen molar-refractivity contribution in [1.29, 1.82) is 0 Å². The van der Waals surface area contributed by atoms with Crippen molar-refractivity contribution in [3.8, 4) is 11.5 Å². The van der Waals surface area contributed by atoms with Crippen molar-refractivity contribution in [2.45, 2.75) is 160 Å². The second-order valence-corrected chi connectivity index (χ2v) is 24.8. The van der Waals surface area contributed by atoms with Crippen LogP contribution in [0.15, 0.2) is 109 Å². The summed E-state index contributed by atoms with van der Waals surface area (Å²) in [6, 6.07) is 14.1. The molecule has 0 aliphatic carbocycles. The summed E-state index contributed by atoms with van der Waals surface area (Å²) >= 11 is 1.42. The molecule has 0 aromatic heterocycles. The number of hydrogen-bond acceptors (Lipinski definition) is 16. The fourth-order valence-corrected chi connectivity index (χ4v) is 10.3. The quantitative estimate of drug-likeness (QED) is 0.0287. The van der Waals surface area contributed by atoms with Gasteiger partial charge in [-0.2, -0.15) is 11.8 Å². The molecule has 0 aliphatic heterocycles. The monoisotopic (exact) mass is 1320 g/mol. The van der Waals surface area contributed by atoms with Gasteiger partial charge in [-0.25, -0.2) is 0 Å². The number of carbonyl (C=O) groups is 12. The summed E-state index contributed by atoms with van der Waals surface area (Å²) < 4.78 is 0. The number of phenols is 2. The first kappa shape index (κ1) is 76.9. The summed E-state index contributed by atoms with van der Waals surface area (Å²) in [7, 11) is 0. The zero-order chi connectivity index (χ0) is 69.8.